The highest BCUT2D eigenvalue weighted by molar-refractivity contribution is 5.91. The Kier molecular flexibility index (Phi) is 4.75. The van der Waals surface area contributed by atoms with Crippen LogP contribution in [0, 0.1) is 5.82 Å². The minimum absolute atomic E-state index is 0.138. The molecule has 0 radical (unpaired) electrons. The maximum Gasteiger partial charge on any atom is 0.224 e. The van der Waals surface area contributed by atoms with Gasteiger partial charge in [-0.2, -0.15) is 0 Å². The van der Waals surface area contributed by atoms with Crippen molar-refractivity contribution >= 4 is 11.6 Å². The molecule has 20 heavy (non-hydrogen) atoms. The van der Waals surface area contributed by atoms with Crippen LogP contribution in [0.1, 0.15) is 32.6 Å². The average Bonchev–Trinajstić information content (AvgIpc) is 2.95. The number of hydrogen-bond acceptors (Lipinski definition) is 4. The minimum Gasteiger partial charge on any atom is -0.324 e. The molecule has 0 aliphatic rings. The van der Waals surface area contributed by atoms with E-state index in [0.717, 1.165) is 19.3 Å². The lowest BCUT2D eigenvalue weighted by Gasteiger charge is -2.08. The number of nitrogens with zero attached hydrogens (tertiary/aromatic N) is 4. The molecule has 2 aromatic rings. The highest BCUT2D eigenvalue weighted by Gasteiger charge is 2.09. The number of carbonyl (C=O) groups excluding carboxylic acids is 1. The van der Waals surface area contributed by atoms with E-state index in [2.05, 4.69) is 27.8 Å². The summed E-state index contributed by atoms with van der Waals surface area (Å²) in [6.45, 7) is 2.06. The van der Waals surface area contributed by atoms with Crippen molar-refractivity contribution in [3.05, 3.63) is 30.3 Å². The molecule has 0 bridgehead atoms. The number of tetrazole rings is 1. The maximum atomic E-state index is 13.7. The third kappa shape index (κ3) is 3.59. The molecular weight excluding hydrogens is 261 g/mol. The number of halogens is 1. The van der Waals surface area contributed by atoms with Gasteiger partial charge in [0.2, 0.25) is 5.91 Å². The van der Waals surface area contributed by atoms with Gasteiger partial charge in [-0.25, -0.2) is 9.07 Å². The summed E-state index contributed by atoms with van der Waals surface area (Å²) in [5.74, 6) is -0.670. The van der Waals surface area contributed by atoms with Crippen molar-refractivity contribution in [2.24, 2.45) is 0 Å². The van der Waals surface area contributed by atoms with Crippen molar-refractivity contribution in [2.75, 3.05) is 5.32 Å². The minimum atomic E-state index is -0.481. The number of nitrogens with one attached hydrogen (secondary N) is 1. The average molecular weight is 277 g/mol. The predicted molar refractivity (Wildman–Crippen MR) is 71.9 cm³/mol. The number of aromatic nitrogens is 4. The zero-order valence-electron chi connectivity index (χ0n) is 11.2. The Morgan fingerprint density at radius 1 is 1.40 bits per heavy atom. The highest BCUT2D eigenvalue weighted by Crippen LogP contribution is 2.18. The van der Waals surface area contributed by atoms with E-state index in [9.17, 15) is 9.18 Å². The molecule has 0 aliphatic carbocycles. The van der Waals surface area contributed by atoms with E-state index < -0.39 is 5.82 Å². The first kappa shape index (κ1) is 14.1. The van der Waals surface area contributed by atoms with Crippen molar-refractivity contribution in [3.63, 3.8) is 0 Å². The standard InChI is InChI=1S/C13H16FN5O/c1-2-3-4-5-13(20)16-12-8-10(6-7-11(12)14)19-9-15-17-18-19/h6-9H,2-5H2,1H3,(H,16,20). The monoisotopic (exact) mass is 277 g/mol. The van der Waals surface area contributed by atoms with E-state index in [1.165, 1.54) is 23.1 Å². The molecule has 0 aliphatic heterocycles. The Balaban J connectivity index is 2.07. The van der Waals surface area contributed by atoms with Gasteiger partial charge in [-0.15, -0.1) is 5.10 Å². The summed E-state index contributed by atoms with van der Waals surface area (Å²) in [5.41, 5.74) is 0.722. The third-order valence-electron chi connectivity index (χ3n) is 2.84. The lowest BCUT2D eigenvalue weighted by Crippen LogP contribution is -2.12. The predicted octanol–water partition coefficient (Wildman–Crippen LogP) is 2.32. The summed E-state index contributed by atoms with van der Waals surface area (Å²) in [7, 11) is 0. The molecule has 7 heteroatoms. The normalized spacial score (nSPS) is 10.5. The van der Waals surface area contributed by atoms with Gasteiger partial charge < -0.3 is 5.32 Å². The van der Waals surface area contributed by atoms with Crippen molar-refractivity contribution in [1.29, 1.82) is 0 Å². The summed E-state index contributed by atoms with van der Waals surface area (Å²) >= 11 is 0. The third-order valence-corrected chi connectivity index (χ3v) is 2.84. The van der Waals surface area contributed by atoms with E-state index in [0.29, 0.717) is 12.1 Å². The fourth-order valence-corrected chi connectivity index (χ4v) is 1.78. The summed E-state index contributed by atoms with van der Waals surface area (Å²) in [5, 5.41) is 13.3. The Morgan fingerprint density at radius 2 is 2.25 bits per heavy atom. The summed E-state index contributed by atoms with van der Waals surface area (Å²) in [4.78, 5) is 11.7. The Labute approximate surface area is 116 Å². The van der Waals surface area contributed by atoms with E-state index in [1.807, 2.05) is 0 Å². The molecule has 1 heterocycles. The Morgan fingerprint density at radius 3 is 2.95 bits per heavy atom. The summed E-state index contributed by atoms with van der Waals surface area (Å²) in [6, 6.07) is 4.32. The number of amides is 1. The zero-order valence-corrected chi connectivity index (χ0v) is 11.2. The van der Waals surface area contributed by atoms with Crippen LogP contribution in [0.15, 0.2) is 24.5 Å². The van der Waals surface area contributed by atoms with Crippen molar-refractivity contribution < 1.29 is 9.18 Å². The first-order valence-corrected chi connectivity index (χ1v) is 6.53. The number of rotatable bonds is 6. The fraction of sp³-hybridized carbons (Fsp3) is 0.385. The molecule has 1 N–H and O–H groups in total. The zero-order chi connectivity index (χ0) is 14.4. The van der Waals surface area contributed by atoms with Crippen LogP contribution in [0.3, 0.4) is 0 Å². The van der Waals surface area contributed by atoms with E-state index in [4.69, 9.17) is 0 Å². The van der Waals surface area contributed by atoms with Gasteiger partial charge in [-0.05, 0) is 35.0 Å². The van der Waals surface area contributed by atoms with Crippen LogP contribution in [-0.4, -0.2) is 26.1 Å². The van der Waals surface area contributed by atoms with Crippen molar-refractivity contribution in [2.45, 2.75) is 32.6 Å². The van der Waals surface area contributed by atoms with Crippen LogP contribution >= 0.6 is 0 Å². The molecule has 106 valence electrons. The molecule has 1 aromatic carbocycles. The topological polar surface area (TPSA) is 72.7 Å². The molecule has 2 rings (SSSR count). The van der Waals surface area contributed by atoms with Gasteiger partial charge in [0.1, 0.15) is 12.1 Å². The van der Waals surface area contributed by atoms with Crippen LogP contribution in [0.4, 0.5) is 10.1 Å². The van der Waals surface area contributed by atoms with E-state index in [-0.39, 0.29) is 11.6 Å². The smallest absolute Gasteiger partial charge is 0.224 e. The number of unbranched alkanes of at least 4 members (excludes halogenated alkanes) is 2. The molecule has 6 nitrogen and oxygen atoms in total. The second-order valence-corrected chi connectivity index (χ2v) is 4.42. The molecular formula is C13H16FN5O. The molecule has 0 unspecified atom stereocenters. The van der Waals surface area contributed by atoms with Gasteiger partial charge in [-0.3, -0.25) is 4.79 Å². The second-order valence-electron chi connectivity index (χ2n) is 4.42. The van der Waals surface area contributed by atoms with Crippen LogP contribution in [0.25, 0.3) is 5.69 Å². The second kappa shape index (κ2) is 6.74. The van der Waals surface area contributed by atoms with Crippen LogP contribution in [0.5, 0.6) is 0 Å². The summed E-state index contributed by atoms with van der Waals surface area (Å²) in [6.07, 6.45) is 4.62. The molecule has 1 amide bonds. The van der Waals surface area contributed by atoms with Gasteiger partial charge in [0.15, 0.2) is 0 Å². The van der Waals surface area contributed by atoms with Crippen molar-refractivity contribution in [1.82, 2.24) is 20.2 Å². The Hall–Kier alpha value is -2.31. The van der Waals surface area contributed by atoms with Gasteiger partial charge in [0, 0.05) is 6.42 Å². The fourth-order valence-electron chi connectivity index (χ4n) is 1.78. The first-order chi connectivity index (χ1) is 9.70. The highest BCUT2D eigenvalue weighted by atomic mass is 19.1. The van der Waals surface area contributed by atoms with Crippen LogP contribution in [0.2, 0.25) is 0 Å². The SMILES string of the molecule is CCCCCC(=O)Nc1cc(-n2cnnn2)ccc1F. The van der Waals surface area contributed by atoms with Crippen LogP contribution < -0.4 is 5.32 Å². The largest absolute Gasteiger partial charge is 0.324 e. The molecule has 1 aromatic heterocycles. The number of benzene rings is 1. The molecule has 0 spiro atoms. The van der Waals surface area contributed by atoms with Gasteiger partial charge in [0.25, 0.3) is 0 Å². The van der Waals surface area contributed by atoms with Gasteiger partial charge in [-0.1, -0.05) is 19.8 Å². The van der Waals surface area contributed by atoms with E-state index >= 15 is 0 Å². The Bertz CT molecular complexity index is 570. The molecule has 0 saturated carbocycles. The molecule has 0 atom stereocenters. The number of hydrogen-bond donors (Lipinski definition) is 1. The maximum absolute atomic E-state index is 13.7. The number of carbonyl (C=O) groups is 1. The summed E-state index contributed by atoms with van der Waals surface area (Å²) < 4.78 is 15.1. The van der Waals surface area contributed by atoms with Gasteiger partial charge in [0.05, 0.1) is 11.4 Å². The van der Waals surface area contributed by atoms with Gasteiger partial charge >= 0.3 is 0 Å². The lowest BCUT2D eigenvalue weighted by molar-refractivity contribution is -0.116. The van der Waals surface area contributed by atoms with Crippen LogP contribution in [-0.2, 0) is 4.79 Å². The molecule has 0 fully saturated rings. The number of anilines is 1. The van der Waals surface area contributed by atoms with Crippen molar-refractivity contribution in [3.8, 4) is 5.69 Å². The van der Waals surface area contributed by atoms with E-state index in [1.54, 1.807) is 6.07 Å². The quantitative estimate of drug-likeness (QED) is 0.822. The lowest BCUT2D eigenvalue weighted by atomic mass is 10.2. The molecule has 0 saturated heterocycles. The first-order valence-electron chi connectivity index (χ1n) is 6.53.